The monoisotopic (exact) mass is 349 g/mol. The number of alkyl halides is 1. The molecule has 0 aliphatic heterocycles. The second-order valence-electron chi connectivity index (χ2n) is 5.05. The number of carbonyl (C=O) groups is 1. The standard InChI is InChI=1S/C17H20BrNO2/c1-21-12-16(18)8-9-19-17(20)11-13-6-7-14-4-2-3-5-15(14)10-13/h2-7,10,16H,8-9,11-12H2,1H3,(H,19,20). The predicted octanol–water partition coefficient (Wildman–Crippen LogP) is 3.30. The van der Waals surface area contributed by atoms with Crippen molar-refractivity contribution < 1.29 is 9.53 Å². The van der Waals surface area contributed by atoms with E-state index in [1.807, 2.05) is 18.2 Å². The van der Waals surface area contributed by atoms with Gasteiger partial charge in [0, 0.05) is 18.5 Å². The minimum Gasteiger partial charge on any atom is -0.384 e. The van der Waals surface area contributed by atoms with Crippen molar-refractivity contribution in [3.05, 3.63) is 48.0 Å². The Hall–Kier alpha value is -1.39. The van der Waals surface area contributed by atoms with Crippen LogP contribution in [0.1, 0.15) is 12.0 Å². The van der Waals surface area contributed by atoms with Crippen molar-refractivity contribution >= 4 is 32.6 Å². The number of benzene rings is 2. The fraction of sp³-hybridized carbons (Fsp3) is 0.353. The van der Waals surface area contributed by atoms with E-state index in [0.29, 0.717) is 19.6 Å². The highest BCUT2D eigenvalue weighted by Gasteiger charge is 2.06. The number of fused-ring (bicyclic) bond motifs is 1. The molecule has 21 heavy (non-hydrogen) atoms. The average Bonchev–Trinajstić information content (AvgIpc) is 2.47. The highest BCUT2D eigenvalue weighted by molar-refractivity contribution is 9.09. The van der Waals surface area contributed by atoms with Gasteiger partial charge in [0.15, 0.2) is 0 Å². The first-order valence-electron chi connectivity index (χ1n) is 7.06. The normalized spacial score (nSPS) is 12.3. The van der Waals surface area contributed by atoms with Gasteiger partial charge in [-0.1, -0.05) is 58.4 Å². The summed E-state index contributed by atoms with van der Waals surface area (Å²) >= 11 is 3.51. The second kappa shape index (κ2) is 8.15. The van der Waals surface area contributed by atoms with Crippen molar-refractivity contribution in [2.24, 2.45) is 0 Å². The number of carbonyl (C=O) groups excluding carboxylic acids is 1. The molecule has 112 valence electrons. The van der Waals surface area contributed by atoms with Gasteiger partial charge in [-0.05, 0) is 22.8 Å². The zero-order valence-electron chi connectivity index (χ0n) is 12.1. The van der Waals surface area contributed by atoms with Gasteiger partial charge in [0.05, 0.1) is 13.0 Å². The third-order valence-electron chi connectivity index (χ3n) is 3.31. The van der Waals surface area contributed by atoms with Crippen molar-refractivity contribution in [3.63, 3.8) is 0 Å². The minimum absolute atomic E-state index is 0.0578. The van der Waals surface area contributed by atoms with Crippen LogP contribution in [0.15, 0.2) is 42.5 Å². The summed E-state index contributed by atoms with van der Waals surface area (Å²) in [5.41, 5.74) is 1.04. The number of rotatable bonds is 7. The van der Waals surface area contributed by atoms with Crippen molar-refractivity contribution in [3.8, 4) is 0 Å². The Morgan fingerprint density at radius 2 is 2.00 bits per heavy atom. The lowest BCUT2D eigenvalue weighted by atomic mass is 10.0. The van der Waals surface area contributed by atoms with Crippen LogP contribution in [0.4, 0.5) is 0 Å². The Morgan fingerprint density at radius 1 is 1.24 bits per heavy atom. The van der Waals surface area contributed by atoms with Crippen LogP contribution in [-0.4, -0.2) is 31.0 Å². The Balaban J connectivity index is 1.83. The molecule has 1 N–H and O–H groups in total. The molecule has 2 aromatic carbocycles. The van der Waals surface area contributed by atoms with Gasteiger partial charge >= 0.3 is 0 Å². The Bertz CT molecular complexity index is 600. The van der Waals surface area contributed by atoms with E-state index in [2.05, 4.69) is 45.5 Å². The molecule has 0 spiro atoms. The summed E-state index contributed by atoms with van der Waals surface area (Å²) < 4.78 is 5.04. The first-order valence-corrected chi connectivity index (χ1v) is 7.98. The van der Waals surface area contributed by atoms with Crippen LogP contribution in [0.2, 0.25) is 0 Å². The summed E-state index contributed by atoms with van der Waals surface area (Å²) in [4.78, 5) is 12.2. The lowest BCUT2D eigenvalue weighted by molar-refractivity contribution is -0.120. The van der Waals surface area contributed by atoms with Gasteiger partial charge in [-0.2, -0.15) is 0 Å². The summed E-state index contributed by atoms with van der Waals surface area (Å²) in [5, 5.41) is 5.31. The van der Waals surface area contributed by atoms with Crippen molar-refractivity contribution in [2.75, 3.05) is 20.3 Å². The quantitative estimate of drug-likeness (QED) is 0.778. The van der Waals surface area contributed by atoms with Crippen LogP contribution in [0, 0.1) is 0 Å². The van der Waals surface area contributed by atoms with Gasteiger partial charge in [-0.25, -0.2) is 0 Å². The fourth-order valence-electron chi connectivity index (χ4n) is 2.23. The number of halogens is 1. The summed E-state index contributed by atoms with van der Waals surface area (Å²) in [6, 6.07) is 14.3. The first-order chi connectivity index (χ1) is 10.2. The maximum absolute atomic E-state index is 11.9. The molecule has 2 aromatic rings. The molecule has 4 heteroatoms. The third kappa shape index (κ3) is 5.14. The first kappa shape index (κ1) is 16.0. The highest BCUT2D eigenvalue weighted by atomic mass is 79.9. The topological polar surface area (TPSA) is 38.3 Å². The van der Waals surface area contributed by atoms with Gasteiger partial charge in [-0.3, -0.25) is 4.79 Å². The predicted molar refractivity (Wildman–Crippen MR) is 89.9 cm³/mol. The molecule has 0 fully saturated rings. The number of nitrogens with one attached hydrogen (secondary N) is 1. The molecule has 0 bridgehead atoms. The lowest BCUT2D eigenvalue weighted by Gasteiger charge is -2.10. The number of hydrogen-bond acceptors (Lipinski definition) is 2. The summed E-state index contributed by atoms with van der Waals surface area (Å²) in [7, 11) is 1.67. The van der Waals surface area contributed by atoms with E-state index in [0.717, 1.165) is 12.0 Å². The van der Waals surface area contributed by atoms with Crippen LogP contribution in [0.3, 0.4) is 0 Å². The van der Waals surface area contributed by atoms with Crippen LogP contribution < -0.4 is 5.32 Å². The zero-order chi connectivity index (χ0) is 15.1. The molecule has 0 saturated carbocycles. The lowest BCUT2D eigenvalue weighted by Crippen LogP contribution is -2.28. The molecule has 0 radical (unpaired) electrons. The summed E-state index contributed by atoms with van der Waals surface area (Å²) in [6.45, 7) is 1.31. The van der Waals surface area contributed by atoms with Gasteiger partial charge in [-0.15, -0.1) is 0 Å². The van der Waals surface area contributed by atoms with E-state index < -0.39 is 0 Å². The Morgan fingerprint density at radius 3 is 2.76 bits per heavy atom. The number of amides is 1. The summed E-state index contributed by atoms with van der Waals surface area (Å²) in [6.07, 6.45) is 1.28. The van der Waals surface area contributed by atoms with Crippen molar-refractivity contribution in [1.29, 1.82) is 0 Å². The molecule has 1 amide bonds. The Kier molecular flexibility index (Phi) is 6.21. The van der Waals surface area contributed by atoms with Crippen LogP contribution in [0.25, 0.3) is 10.8 Å². The molecule has 0 aliphatic rings. The molecule has 0 aromatic heterocycles. The van der Waals surface area contributed by atoms with E-state index in [-0.39, 0.29) is 10.7 Å². The molecule has 1 unspecified atom stereocenters. The highest BCUT2D eigenvalue weighted by Crippen LogP contribution is 2.15. The molecule has 0 aliphatic carbocycles. The van der Waals surface area contributed by atoms with E-state index in [1.54, 1.807) is 7.11 Å². The van der Waals surface area contributed by atoms with Crippen LogP contribution >= 0.6 is 15.9 Å². The van der Waals surface area contributed by atoms with Crippen LogP contribution in [-0.2, 0) is 16.0 Å². The SMILES string of the molecule is COCC(Br)CCNC(=O)Cc1ccc2ccccc2c1. The largest absolute Gasteiger partial charge is 0.384 e. The molecule has 0 heterocycles. The molecular formula is C17H20BrNO2. The van der Waals surface area contributed by atoms with E-state index in [9.17, 15) is 4.79 Å². The maximum Gasteiger partial charge on any atom is 0.224 e. The number of hydrogen-bond donors (Lipinski definition) is 1. The number of ether oxygens (including phenoxy) is 1. The molecule has 0 saturated heterocycles. The molecule has 2 rings (SSSR count). The maximum atomic E-state index is 11.9. The van der Waals surface area contributed by atoms with Crippen molar-refractivity contribution in [1.82, 2.24) is 5.32 Å². The number of methoxy groups -OCH3 is 1. The van der Waals surface area contributed by atoms with Gasteiger partial charge < -0.3 is 10.1 Å². The second-order valence-corrected chi connectivity index (χ2v) is 6.34. The van der Waals surface area contributed by atoms with Gasteiger partial charge in [0.2, 0.25) is 5.91 Å². The van der Waals surface area contributed by atoms with E-state index >= 15 is 0 Å². The average molecular weight is 350 g/mol. The fourth-order valence-corrected chi connectivity index (χ4v) is 2.72. The van der Waals surface area contributed by atoms with E-state index in [4.69, 9.17) is 4.74 Å². The van der Waals surface area contributed by atoms with Crippen molar-refractivity contribution in [2.45, 2.75) is 17.7 Å². The smallest absolute Gasteiger partial charge is 0.224 e. The summed E-state index contributed by atoms with van der Waals surface area (Å²) in [5.74, 6) is 0.0578. The molecule has 1 atom stereocenters. The molecule has 3 nitrogen and oxygen atoms in total. The van der Waals surface area contributed by atoms with Gasteiger partial charge in [0.1, 0.15) is 0 Å². The minimum atomic E-state index is 0.0578. The van der Waals surface area contributed by atoms with Gasteiger partial charge in [0.25, 0.3) is 0 Å². The molecular weight excluding hydrogens is 330 g/mol. The zero-order valence-corrected chi connectivity index (χ0v) is 13.7. The third-order valence-corrected chi connectivity index (χ3v) is 4.03. The van der Waals surface area contributed by atoms with Crippen LogP contribution in [0.5, 0.6) is 0 Å². The van der Waals surface area contributed by atoms with E-state index in [1.165, 1.54) is 10.8 Å². The Labute approximate surface area is 133 Å².